The Morgan fingerprint density at radius 3 is 2.36 bits per heavy atom. The Morgan fingerprint density at radius 1 is 1.29 bits per heavy atom. The summed E-state index contributed by atoms with van der Waals surface area (Å²) in [4.78, 5) is 3.95. The smallest absolute Gasteiger partial charge is 0.257 e. The van der Waals surface area contributed by atoms with Gasteiger partial charge < -0.3 is 0 Å². The Hall–Kier alpha value is -1.06. The van der Waals surface area contributed by atoms with Crippen molar-refractivity contribution in [1.29, 1.82) is 0 Å². The van der Waals surface area contributed by atoms with Gasteiger partial charge in [-0.1, -0.05) is 6.07 Å². The maximum atomic E-state index is 12.7. The van der Waals surface area contributed by atoms with E-state index in [2.05, 4.69) is 4.98 Å². The van der Waals surface area contributed by atoms with E-state index in [0.29, 0.717) is 5.69 Å². The van der Waals surface area contributed by atoms with Crippen molar-refractivity contribution in [3.63, 3.8) is 0 Å². The highest BCUT2D eigenvalue weighted by atomic mass is 19.4. The van der Waals surface area contributed by atoms with Crippen LogP contribution in [0.5, 0.6) is 0 Å². The second-order valence-corrected chi connectivity index (χ2v) is 3.74. The van der Waals surface area contributed by atoms with E-state index >= 15 is 0 Å². The molecule has 14 heavy (non-hydrogen) atoms. The first-order chi connectivity index (χ1) is 6.46. The molecule has 1 saturated carbocycles. The van der Waals surface area contributed by atoms with E-state index in [1.807, 2.05) is 0 Å². The standard InChI is InChI=1S/C10H10F3N/c1-7-3-2-4-8(14-7)9(5-6-9)10(11,12)13/h2-4H,5-6H2,1H3. The maximum absolute atomic E-state index is 12.7. The summed E-state index contributed by atoms with van der Waals surface area (Å²) in [6.07, 6.45) is -3.81. The van der Waals surface area contributed by atoms with Crippen LogP contribution in [0.3, 0.4) is 0 Å². The first-order valence-electron chi connectivity index (χ1n) is 4.47. The van der Waals surface area contributed by atoms with Gasteiger partial charge in [-0.3, -0.25) is 4.98 Å². The lowest BCUT2D eigenvalue weighted by Gasteiger charge is -2.18. The predicted octanol–water partition coefficient (Wildman–Crippen LogP) is 2.98. The molecule has 0 aromatic carbocycles. The molecule has 1 aliphatic rings. The predicted molar refractivity (Wildman–Crippen MR) is 45.9 cm³/mol. The van der Waals surface area contributed by atoms with Crippen molar-refractivity contribution in [2.24, 2.45) is 0 Å². The molecule has 2 rings (SSSR count). The monoisotopic (exact) mass is 201 g/mol. The zero-order valence-electron chi connectivity index (χ0n) is 7.73. The summed E-state index contributed by atoms with van der Waals surface area (Å²) in [6, 6.07) is 4.80. The minimum atomic E-state index is -4.16. The molecule has 76 valence electrons. The van der Waals surface area contributed by atoms with E-state index in [1.54, 1.807) is 19.1 Å². The Kier molecular flexibility index (Phi) is 1.84. The molecule has 4 heteroatoms. The number of halogens is 3. The molecule has 1 heterocycles. The summed E-state index contributed by atoms with van der Waals surface area (Å²) in [6.45, 7) is 1.70. The molecular weight excluding hydrogens is 191 g/mol. The van der Waals surface area contributed by atoms with Crippen molar-refractivity contribution in [2.45, 2.75) is 31.4 Å². The van der Waals surface area contributed by atoms with Crippen LogP contribution >= 0.6 is 0 Å². The van der Waals surface area contributed by atoms with E-state index in [0.717, 1.165) is 0 Å². The van der Waals surface area contributed by atoms with Crippen LogP contribution in [0.2, 0.25) is 0 Å². The third kappa shape index (κ3) is 1.29. The summed E-state index contributed by atoms with van der Waals surface area (Å²) < 4.78 is 38.0. The molecule has 1 aromatic rings. The zero-order chi connectivity index (χ0) is 10.4. The molecule has 0 radical (unpaired) electrons. The molecule has 0 unspecified atom stereocenters. The van der Waals surface area contributed by atoms with Gasteiger partial charge in [-0.15, -0.1) is 0 Å². The van der Waals surface area contributed by atoms with Crippen molar-refractivity contribution in [1.82, 2.24) is 4.98 Å². The van der Waals surface area contributed by atoms with Crippen LogP contribution in [-0.4, -0.2) is 11.2 Å². The highest BCUT2D eigenvalue weighted by Gasteiger charge is 2.65. The third-order valence-corrected chi connectivity index (χ3v) is 2.67. The number of rotatable bonds is 1. The van der Waals surface area contributed by atoms with Gasteiger partial charge in [0.25, 0.3) is 0 Å². The summed E-state index contributed by atoms with van der Waals surface area (Å²) in [5.74, 6) is 0. The molecule has 0 bridgehead atoms. The molecule has 0 saturated heterocycles. The second-order valence-electron chi connectivity index (χ2n) is 3.74. The molecule has 0 spiro atoms. The Balaban J connectivity index is 2.41. The Morgan fingerprint density at radius 2 is 1.93 bits per heavy atom. The van der Waals surface area contributed by atoms with Crippen molar-refractivity contribution in [2.75, 3.05) is 0 Å². The molecule has 0 amide bonds. The van der Waals surface area contributed by atoms with E-state index in [-0.39, 0.29) is 18.5 Å². The summed E-state index contributed by atoms with van der Waals surface area (Å²) in [7, 11) is 0. The first kappa shape index (κ1) is 9.49. The number of aryl methyl sites for hydroxylation is 1. The maximum Gasteiger partial charge on any atom is 0.399 e. The van der Waals surface area contributed by atoms with Crippen molar-refractivity contribution < 1.29 is 13.2 Å². The Bertz CT molecular complexity index is 353. The third-order valence-electron chi connectivity index (χ3n) is 2.67. The van der Waals surface area contributed by atoms with Crippen molar-refractivity contribution >= 4 is 0 Å². The number of hydrogen-bond donors (Lipinski definition) is 0. The van der Waals surface area contributed by atoms with Crippen LogP contribution < -0.4 is 0 Å². The van der Waals surface area contributed by atoms with Gasteiger partial charge >= 0.3 is 6.18 Å². The van der Waals surface area contributed by atoms with Gasteiger partial charge in [0.2, 0.25) is 0 Å². The van der Waals surface area contributed by atoms with E-state index in [1.165, 1.54) is 6.07 Å². The number of hydrogen-bond acceptors (Lipinski definition) is 1. The van der Waals surface area contributed by atoms with Crippen molar-refractivity contribution in [3.8, 4) is 0 Å². The van der Waals surface area contributed by atoms with E-state index in [9.17, 15) is 13.2 Å². The van der Waals surface area contributed by atoms with Crippen LogP contribution in [0.15, 0.2) is 18.2 Å². The van der Waals surface area contributed by atoms with Gasteiger partial charge in [-0.2, -0.15) is 13.2 Å². The molecule has 0 atom stereocenters. The van der Waals surface area contributed by atoms with Gasteiger partial charge in [-0.05, 0) is 31.9 Å². The van der Waals surface area contributed by atoms with E-state index < -0.39 is 11.6 Å². The lowest BCUT2D eigenvalue weighted by Crippen LogP contribution is -2.29. The number of pyridine rings is 1. The van der Waals surface area contributed by atoms with E-state index in [4.69, 9.17) is 0 Å². The fourth-order valence-corrected chi connectivity index (χ4v) is 1.62. The number of aromatic nitrogens is 1. The first-order valence-corrected chi connectivity index (χ1v) is 4.47. The lowest BCUT2D eigenvalue weighted by molar-refractivity contribution is -0.161. The molecule has 0 N–H and O–H groups in total. The lowest BCUT2D eigenvalue weighted by atomic mass is 10.0. The fourth-order valence-electron chi connectivity index (χ4n) is 1.62. The summed E-state index contributed by atoms with van der Waals surface area (Å²) >= 11 is 0. The van der Waals surface area contributed by atoms with Crippen LogP contribution in [0.1, 0.15) is 24.2 Å². The summed E-state index contributed by atoms with van der Waals surface area (Å²) in [5.41, 5.74) is -0.832. The van der Waals surface area contributed by atoms with Crippen LogP contribution in [0.4, 0.5) is 13.2 Å². The van der Waals surface area contributed by atoms with Crippen LogP contribution in [0, 0.1) is 6.92 Å². The van der Waals surface area contributed by atoms with Gasteiger partial charge in [-0.25, -0.2) is 0 Å². The highest BCUT2D eigenvalue weighted by molar-refractivity contribution is 5.28. The molecule has 1 aromatic heterocycles. The van der Waals surface area contributed by atoms with Gasteiger partial charge in [0.1, 0.15) is 5.41 Å². The average Bonchev–Trinajstić information content (AvgIpc) is 2.82. The highest BCUT2D eigenvalue weighted by Crippen LogP contribution is 2.58. The molecule has 1 aliphatic carbocycles. The van der Waals surface area contributed by atoms with Gasteiger partial charge in [0.15, 0.2) is 0 Å². The average molecular weight is 201 g/mol. The fraction of sp³-hybridized carbons (Fsp3) is 0.500. The normalized spacial score (nSPS) is 19.4. The topological polar surface area (TPSA) is 12.9 Å². The molecule has 0 aliphatic heterocycles. The second kappa shape index (κ2) is 2.72. The summed E-state index contributed by atoms with van der Waals surface area (Å²) in [5, 5.41) is 0. The number of nitrogens with zero attached hydrogens (tertiary/aromatic N) is 1. The minimum absolute atomic E-state index is 0.171. The SMILES string of the molecule is Cc1cccc(C2(C(F)(F)F)CC2)n1. The van der Waals surface area contributed by atoms with Gasteiger partial charge in [0.05, 0.1) is 5.69 Å². The largest absolute Gasteiger partial charge is 0.399 e. The number of alkyl halides is 3. The molecule has 1 nitrogen and oxygen atoms in total. The van der Waals surface area contributed by atoms with Crippen LogP contribution in [-0.2, 0) is 5.41 Å². The quantitative estimate of drug-likeness (QED) is 0.680. The Labute approximate surface area is 80.0 Å². The minimum Gasteiger partial charge on any atom is -0.257 e. The zero-order valence-corrected chi connectivity index (χ0v) is 7.73. The van der Waals surface area contributed by atoms with Gasteiger partial charge in [0, 0.05) is 5.69 Å². The molecule has 1 fully saturated rings. The van der Waals surface area contributed by atoms with Crippen molar-refractivity contribution in [3.05, 3.63) is 29.6 Å². The van der Waals surface area contributed by atoms with Crippen LogP contribution in [0.25, 0.3) is 0 Å². The molecular formula is C10H10F3N.